The second-order valence-electron chi connectivity index (χ2n) is 1.02. The summed E-state index contributed by atoms with van der Waals surface area (Å²) in [4.78, 5) is 0. The predicted octanol–water partition coefficient (Wildman–Crippen LogP) is 1.06. The highest BCUT2D eigenvalue weighted by molar-refractivity contribution is 6.52. The molecule has 0 aliphatic carbocycles. The van der Waals surface area contributed by atoms with Crippen molar-refractivity contribution in [3.8, 4) is 0 Å². The van der Waals surface area contributed by atoms with Gasteiger partial charge in [-0.1, -0.05) is 11.6 Å². The van der Waals surface area contributed by atoms with Crippen molar-refractivity contribution < 1.29 is 8.85 Å². The summed E-state index contributed by atoms with van der Waals surface area (Å²) in [5.41, 5.74) is 3.10. The molecule has 0 aliphatic heterocycles. The van der Waals surface area contributed by atoms with E-state index < -0.39 is 9.28 Å². The average molecular weight is 152 g/mol. The summed E-state index contributed by atoms with van der Waals surface area (Å²) < 4.78 is 9.70. The highest BCUT2D eigenvalue weighted by atomic mass is 35.5. The van der Waals surface area contributed by atoms with Crippen molar-refractivity contribution in [1.82, 2.24) is 0 Å². The zero-order valence-electron chi connectivity index (χ0n) is 4.85. The summed E-state index contributed by atoms with van der Waals surface area (Å²) in [6, 6.07) is 0. The molecule has 0 N–H and O–H groups in total. The van der Waals surface area contributed by atoms with Crippen molar-refractivity contribution in [2.75, 3.05) is 14.2 Å². The molecule has 47 valence electrons. The molecular formula is C4H8ClO2Si. The maximum absolute atomic E-state index is 5.24. The molecular weight excluding hydrogens is 144 g/mol. The van der Waals surface area contributed by atoms with Gasteiger partial charge in [-0.05, 0) is 5.70 Å². The fourth-order valence-corrected chi connectivity index (χ4v) is 1.12. The summed E-state index contributed by atoms with van der Waals surface area (Å²) in [5.74, 6) is 0. The molecule has 8 heavy (non-hydrogen) atoms. The molecule has 0 heterocycles. The van der Waals surface area contributed by atoms with E-state index in [2.05, 4.69) is 0 Å². The molecule has 0 saturated carbocycles. The molecule has 4 heteroatoms. The molecule has 0 fully saturated rings. The lowest BCUT2D eigenvalue weighted by molar-refractivity contribution is 0.290. The smallest absolute Gasteiger partial charge is 0.394 e. The summed E-state index contributed by atoms with van der Waals surface area (Å²) in [5, 5.41) is 0. The maximum Gasteiger partial charge on any atom is 0.416 e. The van der Waals surface area contributed by atoms with Gasteiger partial charge in [-0.25, -0.2) is 0 Å². The lowest BCUT2D eigenvalue weighted by Gasteiger charge is -2.00. The molecule has 0 spiro atoms. The van der Waals surface area contributed by atoms with Crippen LogP contribution in [0.25, 0.3) is 0 Å². The molecule has 0 saturated heterocycles. The van der Waals surface area contributed by atoms with Crippen molar-refractivity contribution in [1.29, 1.82) is 0 Å². The molecule has 0 amide bonds. The van der Waals surface area contributed by atoms with E-state index >= 15 is 0 Å². The lowest BCUT2D eigenvalue weighted by Crippen LogP contribution is -2.15. The first-order valence-electron chi connectivity index (χ1n) is 2.06. The molecule has 0 unspecified atom stereocenters. The molecule has 0 aromatic heterocycles. The quantitative estimate of drug-likeness (QED) is 0.562. The van der Waals surface area contributed by atoms with Gasteiger partial charge in [-0.2, -0.15) is 0 Å². The van der Waals surface area contributed by atoms with Crippen LogP contribution in [0.5, 0.6) is 0 Å². The Morgan fingerprint density at radius 1 is 1.38 bits per heavy atom. The number of hydrogen-bond acceptors (Lipinski definition) is 2. The Morgan fingerprint density at radius 3 is 2.00 bits per heavy atom. The second kappa shape index (κ2) is 5.31. The second-order valence-corrected chi connectivity index (χ2v) is 3.06. The SMILES string of the molecule is CO[Si](C=CCl)OC. The summed E-state index contributed by atoms with van der Waals surface area (Å²) in [6.07, 6.45) is 0. The maximum atomic E-state index is 5.24. The highest BCUT2D eigenvalue weighted by Gasteiger charge is 2.03. The van der Waals surface area contributed by atoms with E-state index in [4.69, 9.17) is 20.5 Å². The van der Waals surface area contributed by atoms with Crippen molar-refractivity contribution >= 4 is 20.9 Å². The van der Waals surface area contributed by atoms with Crippen molar-refractivity contribution in [2.24, 2.45) is 0 Å². The van der Waals surface area contributed by atoms with Crippen LogP contribution in [-0.4, -0.2) is 23.5 Å². The van der Waals surface area contributed by atoms with E-state index in [9.17, 15) is 0 Å². The van der Waals surface area contributed by atoms with Gasteiger partial charge in [0.2, 0.25) is 0 Å². The fraction of sp³-hybridized carbons (Fsp3) is 0.500. The Morgan fingerprint density at radius 2 is 1.88 bits per heavy atom. The van der Waals surface area contributed by atoms with Crippen molar-refractivity contribution in [3.05, 3.63) is 11.2 Å². The molecule has 0 aromatic carbocycles. The molecule has 0 aromatic rings. The third-order valence-electron chi connectivity index (χ3n) is 0.601. The van der Waals surface area contributed by atoms with Crippen LogP contribution in [0.2, 0.25) is 0 Å². The Hall–Kier alpha value is 0.167. The van der Waals surface area contributed by atoms with E-state index in [1.54, 1.807) is 19.9 Å². The van der Waals surface area contributed by atoms with E-state index in [1.165, 1.54) is 5.54 Å². The number of hydrogen-bond donors (Lipinski definition) is 0. The fourth-order valence-electron chi connectivity index (χ4n) is 0.271. The van der Waals surface area contributed by atoms with Gasteiger partial charge >= 0.3 is 9.28 Å². The highest BCUT2D eigenvalue weighted by Crippen LogP contribution is 1.87. The first-order valence-corrected chi connectivity index (χ1v) is 3.90. The largest absolute Gasteiger partial charge is 0.416 e. The molecule has 2 nitrogen and oxygen atoms in total. The van der Waals surface area contributed by atoms with Crippen LogP contribution in [0.15, 0.2) is 11.2 Å². The Bertz CT molecular complexity index is 72.4. The van der Waals surface area contributed by atoms with Crippen LogP contribution in [0, 0.1) is 0 Å². The molecule has 0 rings (SSSR count). The Balaban J connectivity index is 3.36. The summed E-state index contributed by atoms with van der Waals surface area (Å²) in [6.45, 7) is 0. The molecule has 0 aliphatic rings. The number of halogens is 1. The standard InChI is InChI=1S/C4H8ClO2Si/c1-6-8(7-2)4-3-5/h3-4H,1-2H3. The minimum absolute atomic E-state index is 1.19. The normalized spacial score (nSPS) is 11.5. The topological polar surface area (TPSA) is 18.5 Å². The third-order valence-corrected chi connectivity index (χ3v) is 2.18. The van der Waals surface area contributed by atoms with Gasteiger partial charge in [-0.15, -0.1) is 0 Å². The first-order chi connectivity index (χ1) is 3.85. The van der Waals surface area contributed by atoms with Gasteiger partial charge in [0.1, 0.15) is 0 Å². The van der Waals surface area contributed by atoms with E-state index in [-0.39, 0.29) is 0 Å². The van der Waals surface area contributed by atoms with E-state index in [1.807, 2.05) is 0 Å². The number of rotatable bonds is 3. The lowest BCUT2D eigenvalue weighted by atomic mass is 11.3. The Kier molecular flexibility index (Phi) is 5.42. The average Bonchev–Trinajstić information content (AvgIpc) is 1.83. The van der Waals surface area contributed by atoms with Crippen molar-refractivity contribution in [3.63, 3.8) is 0 Å². The van der Waals surface area contributed by atoms with Crippen molar-refractivity contribution in [2.45, 2.75) is 0 Å². The van der Waals surface area contributed by atoms with Gasteiger partial charge < -0.3 is 8.85 Å². The zero-order valence-corrected chi connectivity index (χ0v) is 6.61. The molecule has 0 atom stereocenters. The van der Waals surface area contributed by atoms with Gasteiger partial charge in [-0.3, -0.25) is 0 Å². The van der Waals surface area contributed by atoms with Crippen LogP contribution in [0.4, 0.5) is 0 Å². The van der Waals surface area contributed by atoms with Crippen LogP contribution < -0.4 is 0 Å². The minimum Gasteiger partial charge on any atom is -0.394 e. The van der Waals surface area contributed by atoms with E-state index in [0.717, 1.165) is 0 Å². The predicted molar refractivity (Wildman–Crippen MR) is 34.8 cm³/mol. The van der Waals surface area contributed by atoms with Crippen LogP contribution >= 0.6 is 11.6 Å². The third kappa shape index (κ3) is 3.21. The van der Waals surface area contributed by atoms with Gasteiger partial charge in [0.05, 0.1) is 0 Å². The molecule has 1 radical (unpaired) electrons. The van der Waals surface area contributed by atoms with Crippen LogP contribution in [-0.2, 0) is 8.85 Å². The van der Waals surface area contributed by atoms with Gasteiger partial charge in [0.25, 0.3) is 0 Å². The van der Waals surface area contributed by atoms with E-state index in [0.29, 0.717) is 0 Å². The molecule has 0 bridgehead atoms. The first kappa shape index (κ1) is 8.17. The minimum atomic E-state index is -1.19. The monoisotopic (exact) mass is 151 g/mol. The zero-order chi connectivity index (χ0) is 6.41. The van der Waals surface area contributed by atoms with Gasteiger partial charge in [0.15, 0.2) is 0 Å². The summed E-state index contributed by atoms with van der Waals surface area (Å²) in [7, 11) is 2.00. The summed E-state index contributed by atoms with van der Waals surface area (Å²) >= 11 is 5.24. The Labute approximate surface area is 55.9 Å². The van der Waals surface area contributed by atoms with Gasteiger partial charge in [0, 0.05) is 19.8 Å². The van der Waals surface area contributed by atoms with Crippen LogP contribution in [0.1, 0.15) is 0 Å². The van der Waals surface area contributed by atoms with Crippen LogP contribution in [0.3, 0.4) is 0 Å².